The minimum absolute atomic E-state index is 0.172. The number of carbonyl (C=O) groups is 1. The zero-order valence-corrected chi connectivity index (χ0v) is 16.0. The van der Waals surface area contributed by atoms with Gasteiger partial charge in [0.1, 0.15) is 17.5 Å². The van der Waals surface area contributed by atoms with Gasteiger partial charge in [0.25, 0.3) is 5.91 Å². The van der Waals surface area contributed by atoms with Crippen LogP contribution in [-0.4, -0.2) is 19.6 Å². The Morgan fingerprint density at radius 3 is 2.29 bits per heavy atom. The van der Waals surface area contributed by atoms with Crippen LogP contribution < -0.4 is 20.1 Å². The van der Waals surface area contributed by atoms with Crippen LogP contribution in [0.1, 0.15) is 18.5 Å². The zero-order valence-electron chi connectivity index (χ0n) is 16.0. The van der Waals surface area contributed by atoms with E-state index in [1.165, 1.54) is 0 Å². The van der Waals surface area contributed by atoms with Crippen molar-refractivity contribution in [2.75, 3.05) is 24.4 Å². The van der Waals surface area contributed by atoms with Crippen molar-refractivity contribution in [3.63, 3.8) is 0 Å². The van der Waals surface area contributed by atoms with E-state index in [-0.39, 0.29) is 5.91 Å². The van der Waals surface area contributed by atoms with Crippen molar-refractivity contribution >= 4 is 17.3 Å². The Labute approximate surface area is 165 Å². The lowest BCUT2D eigenvalue weighted by Gasteiger charge is -2.21. The maximum Gasteiger partial charge on any atom is 0.251 e. The summed E-state index contributed by atoms with van der Waals surface area (Å²) in [5, 5.41) is 6.30. The van der Waals surface area contributed by atoms with Gasteiger partial charge < -0.3 is 20.1 Å². The number of anilines is 2. The molecule has 1 amide bonds. The van der Waals surface area contributed by atoms with Crippen LogP contribution in [0.2, 0.25) is 0 Å². The van der Waals surface area contributed by atoms with Crippen molar-refractivity contribution in [1.29, 1.82) is 0 Å². The third-order valence-corrected chi connectivity index (χ3v) is 4.24. The largest absolute Gasteiger partial charge is 0.497 e. The first-order valence-corrected chi connectivity index (χ1v) is 9.19. The topological polar surface area (TPSA) is 59.6 Å². The van der Waals surface area contributed by atoms with Crippen LogP contribution in [-0.2, 0) is 4.79 Å². The van der Waals surface area contributed by atoms with Crippen LogP contribution in [0, 0.1) is 0 Å². The summed E-state index contributed by atoms with van der Waals surface area (Å²) in [6.07, 6.45) is 0. The van der Waals surface area contributed by atoms with Gasteiger partial charge in [-0.1, -0.05) is 42.5 Å². The lowest BCUT2D eigenvalue weighted by atomic mass is 10.1. The predicted molar refractivity (Wildman–Crippen MR) is 112 cm³/mol. The molecular weight excluding hydrogens is 352 g/mol. The number of carbonyl (C=O) groups excluding carboxylic acids is 1. The molecule has 5 nitrogen and oxygen atoms in total. The fraction of sp³-hybridized carbons (Fsp3) is 0.174. The van der Waals surface area contributed by atoms with E-state index in [2.05, 4.69) is 10.6 Å². The Kier molecular flexibility index (Phi) is 6.52. The number of hydrogen-bond acceptors (Lipinski definition) is 4. The number of methoxy groups -OCH3 is 1. The lowest BCUT2D eigenvalue weighted by molar-refractivity contribution is -0.117. The number of para-hydroxylation sites is 2. The number of nitrogens with one attached hydrogen (secondary N) is 2. The molecule has 0 aliphatic rings. The van der Waals surface area contributed by atoms with Gasteiger partial charge in [-0.15, -0.1) is 0 Å². The molecule has 0 saturated heterocycles. The highest BCUT2D eigenvalue weighted by molar-refractivity contribution is 5.98. The molecule has 3 aromatic rings. The third kappa shape index (κ3) is 4.82. The normalized spacial score (nSPS) is 11.4. The second-order valence-electron chi connectivity index (χ2n) is 6.13. The number of hydrogen-bond donors (Lipinski definition) is 2. The van der Waals surface area contributed by atoms with Gasteiger partial charge in [0.2, 0.25) is 0 Å². The minimum Gasteiger partial charge on any atom is -0.497 e. The molecule has 28 heavy (non-hydrogen) atoms. The Balaban J connectivity index is 1.85. The van der Waals surface area contributed by atoms with Crippen LogP contribution in [0.4, 0.5) is 11.4 Å². The second kappa shape index (κ2) is 9.46. The van der Waals surface area contributed by atoms with Crippen molar-refractivity contribution in [2.24, 2.45) is 0 Å². The number of amides is 1. The van der Waals surface area contributed by atoms with E-state index in [0.29, 0.717) is 18.0 Å². The van der Waals surface area contributed by atoms with Crippen molar-refractivity contribution in [2.45, 2.75) is 13.0 Å². The van der Waals surface area contributed by atoms with Gasteiger partial charge >= 0.3 is 0 Å². The van der Waals surface area contributed by atoms with Crippen molar-refractivity contribution in [3.8, 4) is 11.5 Å². The van der Waals surface area contributed by atoms with Crippen molar-refractivity contribution in [1.82, 2.24) is 0 Å². The SMILES string of the molecule is CCOc1ccccc1NC(=O)[C@H](Nc1ccc(OC)cc1)c1ccccc1. The van der Waals surface area contributed by atoms with Gasteiger partial charge in [0.05, 0.1) is 19.4 Å². The highest BCUT2D eigenvalue weighted by Crippen LogP contribution is 2.27. The molecule has 0 unspecified atom stereocenters. The molecule has 0 bridgehead atoms. The standard InChI is InChI=1S/C23H24N2O3/c1-3-28-21-12-8-7-11-20(21)25-23(26)22(17-9-5-4-6-10-17)24-18-13-15-19(27-2)16-14-18/h4-16,22,24H,3H2,1-2H3,(H,25,26)/t22-/m1/s1. The van der Waals surface area contributed by atoms with Gasteiger partial charge in [-0.25, -0.2) is 0 Å². The van der Waals surface area contributed by atoms with Crippen molar-refractivity contribution < 1.29 is 14.3 Å². The maximum atomic E-state index is 13.1. The van der Waals surface area contributed by atoms with Gasteiger partial charge in [-0.2, -0.15) is 0 Å². The number of benzene rings is 3. The number of rotatable bonds is 8. The first kappa shape index (κ1) is 19.3. The summed E-state index contributed by atoms with van der Waals surface area (Å²) in [5.41, 5.74) is 2.33. The first-order valence-electron chi connectivity index (χ1n) is 9.19. The Morgan fingerprint density at radius 1 is 0.929 bits per heavy atom. The van der Waals surface area contributed by atoms with Crippen molar-refractivity contribution in [3.05, 3.63) is 84.4 Å². The Hall–Kier alpha value is -3.47. The molecule has 0 saturated carbocycles. The van der Waals surface area contributed by atoms with E-state index in [4.69, 9.17) is 9.47 Å². The monoisotopic (exact) mass is 376 g/mol. The van der Waals surface area contributed by atoms with Gasteiger partial charge in [-0.3, -0.25) is 4.79 Å². The average Bonchev–Trinajstić information content (AvgIpc) is 2.74. The molecular formula is C23H24N2O3. The molecule has 3 rings (SSSR count). The van der Waals surface area contributed by atoms with Crippen LogP contribution in [0.15, 0.2) is 78.9 Å². The van der Waals surface area contributed by atoms with E-state index in [1.807, 2.05) is 85.8 Å². The quantitative estimate of drug-likeness (QED) is 0.588. The van der Waals surface area contributed by atoms with Crippen LogP contribution in [0.5, 0.6) is 11.5 Å². The summed E-state index contributed by atoms with van der Waals surface area (Å²) in [7, 11) is 1.62. The summed E-state index contributed by atoms with van der Waals surface area (Å²) < 4.78 is 10.8. The molecule has 0 aliphatic heterocycles. The zero-order chi connectivity index (χ0) is 19.8. The highest BCUT2D eigenvalue weighted by Gasteiger charge is 2.21. The lowest BCUT2D eigenvalue weighted by Crippen LogP contribution is -2.27. The summed E-state index contributed by atoms with van der Waals surface area (Å²) in [6, 6.07) is 23.9. The minimum atomic E-state index is -0.565. The number of ether oxygens (including phenoxy) is 2. The second-order valence-corrected chi connectivity index (χ2v) is 6.13. The average molecular weight is 376 g/mol. The van der Waals surface area contributed by atoms with E-state index in [1.54, 1.807) is 7.11 Å². The molecule has 0 radical (unpaired) electrons. The Bertz CT molecular complexity index is 895. The van der Waals surface area contributed by atoms with Gasteiger partial charge in [0, 0.05) is 5.69 Å². The molecule has 0 fully saturated rings. The summed E-state index contributed by atoms with van der Waals surface area (Å²) in [4.78, 5) is 13.1. The van der Waals surface area contributed by atoms with E-state index < -0.39 is 6.04 Å². The fourth-order valence-electron chi connectivity index (χ4n) is 2.86. The highest BCUT2D eigenvalue weighted by atomic mass is 16.5. The van der Waals surface area contributed by atoms with E-state index in [0.717, 1.165) is 17.0 Å². The molecule has 1 atom stereocenters. The predicted octanol–water partition coefficient (Wildman–Crippen LogP) is 4.89. The van der Waals surface area contributed by atoms with Crippen LogP contribution >= 0.6 is 0 Å². The molecule has 0 heterocycles. The van der Waals surface area contributed by atoms with E-state index in [9.17, 15) is 4.79 Å². The molecule has 5 heteroatoms. The summed E-state index contributed by atoms with van der Waals surface area (Å²) >= 11 is 0. The van der Waals surface area contributed by atoms with Gasteiger partial charge in [-0.05, 0) is 48.9 Å². The third-order valence-electron chi connectivity index (χ3n) is 4.24. The molecule has 0 aromatic heterocycles. The summed E-state index contributed by atoms with van der Waals surface area (Å²) in [6.45, 7) is 2.44. The van der Waals surface area contributed by atoms with Crippen LogP contribution in [0.3, 0.4) is 0 Å². The van der Waals surface area contributed by atoms with Gasteiger partial charge in [0.15, 0.2) is 0 Å². The maximum absolute atomic E-state index is 13.1. The summed E-state index contributed by atoms with van der Waals surface area (Å²) in [5.74, 6) is 1.24. The molecule has 0 aliphatic carbocycles. The molecule has 0 spiro atoms. The Morgan fingerprint density at radius 2 is 1.61 bits per heavy atom. The molecule has 144 valence electrons. The smallest absolute Gasteiger partial charge is 0.251 e. The first-order chi connectivity index (χ1) is 13.7. The van der Waals surface area contributed by atoms with E-state index >= 15 is 0 Å². The molecule has 2 N–H and O–H groups in total. The fourth-order valence-corrected chi connectivity index (χ4v) is 2.86. The molecule has 3 aromatic carbocycles. The van der Waals surface area contributed by atoms with Crippen LogP contribution in [0.25, 0.3) is 0 Å².